The second-order valence-corrected chi connectivity index (χ2v) is 5.72. The molecule has 0 aliphatic rings. The minimum Gasteiger partial charge on any atom is -0.337 e. The Labute approximate surface area is 131 Å². The van der Waals surface area contributed by atoms with Crippen LogP contribution in [-0.4, -0.2) is 10.1 Å². The standard InChI is InChI=1S/C16H14BrN3O/c1-10-9-12(17)7-8-13(10)15-19-16(21-20-15)14(18)11-5-3-2-4-6-11/h2-9,14H,18H2,1H3/t14-/m0/s1. The van der Waals surface area contributed by atoms with Crippen LogP contribution in [0.15, 0.2) is 57.5 Å². The predicted molar refractivity (Wildman–Crippen MR) is 84.6 cm³/mol. The van der Waals surface area contributed by atoms with Crippen molar-refractivity contribution in [3.8, 4) is 11.4 Å². The van der Waals surface area contributed by atoms with E-state index in [4.69, 9.17) is 10.3 Å². The third-order valence-electron chi connectivity index (χ3n) is 3.30. The van der Waals surface area contributed by atoms with Crippen molar-refractivity contribution >= 4 is 15.9 Å². The molecule has 0 bridgehead atoms. The van der Waals surface area contributed by atoms with Crippen LogP contribution in [0, 0.1) is 6.92 Å². The average Bonchev–Trinajstić information content (AvgIpc) is 2.97. The van der Waals surface area contributed by atoms with Gasteiger partial charge < -0.3 is 10.3 Å². The van der Waals surface area contributed by atoms with Crippen molar-refractivity contribution in [1.29, 1.82) is 0 Å². The van der Waals surface area contributed by atoms with Crippen LogP contribution >= 0.6 is 15.9 Å². The summed E-state index contributed by atoms with van der Waals surface area (Å²) >= 11 is 3.44. The van der Waals surface area contributed by atoms with E-state index in [1.807, 2.05) is 55.5 Å². The number of aryl methyl sites for hydroxylation is 1. The molecule has 0 amide bonds. The second kappa shape index (κ2) is 5.79. The van der Waals surface area contributed by atoms with Crippen molar-refractivity contribution in [2.75, 3.05) is 0 Å². The van der Waals surface area contributed by atoms with Gasteiger partial charge in [-0.05, 0) is 36.2 Å². The molecular formula is C16H14BrN3O. The molecule has 2 aromatic carbocycles. The summed E-state index contributed by atoms with van der Waals surface area (Å²) in [4.78, 5) is 4.43. The lowest BCUT2D eigenvalue weighted by molar-refractivity contribution is 0.367. The molecule has 0 radical (unpaired) electrons. The molecule has 0 spiro atoms. The van der Waals surface area contributed by atoms with Gasteiger partial charge in [-0.2, -0.15) is 4.98 Å². The number of nitrogens with two attached hydrogens (primary N) is 1. The Morgan fingerprint density at radius 2 is 1.90 bits per heavy atom. The van der Waals surface area contributed by atoms with Crippen LogP contribution in [0.25, 0.3) is 11.4 Å². The highest BCUT2D eigenvalue weighted by Crippen LogP contribution is 2.26. The number of hydrogen-bond acceptors (Lipinski definition) is 4. The normalized spacial score (nSPS) is 12.3. The second-order valence-electron chi connectivity index (χ2n) is 4.80. The van der Waals surface area contributed by atoms with E-state index in [1.54, 1.807) is 0 Å². The highest BCUT2D eigenvalue weighted by Gasteiger charge is 2.18. The summed E-state index contributed by atoms with van der Waals surface area (Å²) in [6.07, 6.45) is 0. The Morgan fingerprint density at radius 1 is 1.14 bits per heavy atom. The molecule has 2 N–H and O–H groups in total. The molecular weight excluding hydrogens is 330 g/mol. The van der Waals surface area contributed by atoms with Gasteiger partial charge in [-0.1, -0.05) is 51.4 Å². The van der Waals surface area contributed by atoms with Crippen molar-refractivity contribution in [1.82, 2.24) is 10.1 Å². The molecule has 0 saturated heterocycles. The molecule has 1 aromatic heterocycles. The fraction of sp³-hybridized carbons (Fsp3) is 0.125. The number of halogens is 1. The van der Waals surface area contributed by atoms with Crippen LogP contribution in [0.4, 0.5) is 0 Å². The lowest BCUT2D eigenvalue weighted by Crippen LogP contribution is -2.11. The summed E-state index contributed by atoms with van der Waals surface area (Å²) in [6, 6.07) is 15.2. The SMILES string of the molecule is Cc1cc(Br)ccc1-c1noc([C@@H](N)c2ccccc2)n1. The molecule has 21 heavy (non-hydrogen) atoms. The van der Waals surface area contributed by atoms with E-state index in [2.05, 4.69) is 26.1 Å². The van der Waals surface area contributed by atoms with Crippen molar-refractivity contribution in [3.05, 3.63) is 70.0 Å². The zero-order valence-electron chi connectivity index (χ0n) is 11.5. The van der Waals surface area contributed by atoms with Crippen molar-refractivity contribution < 1.29 is 4.52 Å². The Balaban J connectivity index is 1.93. The summed E-state index contributed by atoms with van der Waals surface area (Å²) in [7, 11) is 0. The largest absolute Gasteiger partial charge is 0.337 e. The molecule has 0 unspecified atom stereocenters. The maximum atomic E-state index is 6.17. The summed E-state index contributed by atoms with van der Waals surface area (Å²) in [6.45, 7) is 2.01. The van der Waals surface area contributed by atoms with E-state index >= 15 is 0 Å². The predicted octanol–water partition coefficient (Wildman–Crippen LogP) is 3.86. The van der Waals surface area contributed by atoms with Crippen LogP contribution in [0.2, 0.25) is 0 Å². The first-order chi connectivity index (χ1) is 10.1. The molecule has 5 heteroatoms. The van der Waals surface area contributed by atoms with Gasteiger partial charge in [0.1, 0.15) is 6.04 Å². The molecule has 106 valence electrons. The molecule has 0 aliphatic carbocycles. The lowest BCUT2D eigenvalue weighted by atomic mass is 10.1. The number of aromatic nitrogens is 2. The number of rotatable bonds is 3. The first kappa shape index (κ1) is 14.0. The quantitative estimate of drug-likeness (QED) is 0.784. The van der Waals surface area contributed by atoms with Gasteiger partial charge in [0.25, 0.3) is 0 Å². The molecule has 0 saturated carbocycles. The van der Waals surface area contributed by atoms with Gasteiger partial charge in [0, 0.05) is 10.0 Å². The van der Waals surface area contributed by atoms with Crippen LogP contribution in [0.5, 0.6) is 0 Å². The minimum absolute atomic E-state index is 0.414. The monoisotopic (exact) mass is 343 g/mol. The molecule has 3 aromatic rings. The maximum Gasteiger partial charge on any atom is 0.248 e. The Bertz CT molecular complexity index is 755. The zero-order valence-corrected chi connectivity index (χ0v) is 13.0. The molecule has 1 heterocycles. The molecule has 3 rings (SSSR count). The Hall–Kier alpha value is -1.98. The fourth-order valence-corrected chi connectivity index (χ4v) is 2.63. The van der Waals surface area contributed by atoms with Gasteiger partial charge in [-0.25, -0.2) is 0 Å². The van der Waals surface area contributed by atoms with Crippen molar-refractivity contribution in [3.63, 3.8) is 0 Å². The van der Waals surface area contributed by atoms with Crippen LogP contribution in [0.3, 0.4) is 0 Å². The molecule has 0 aliphatic heterocycles. The number of nitrogens with zero attached hydrogens (tertiary/aromatic N) is 2. The van der Waals surface area contributed by atoms with Crippen LogP contribution in [-0.2, 0) is 0 Å². The van der Waals surface area contributed by atoms with Crippen molar-refractivity contribution in [2.45, 2.75) is 13.0 Å². The van der Waals surface area contributed by atoms with Gasteiger partial charge in [-0.15, -0.1) is 0 Å². The van der Waals surface area contributed by atoms with E-state index in [1.165, 1.54) is 0 Å². The number of benzene rings is 2. The van der Waals surface area contributed by atoms with E-state index in [0.717, 1.165) is 21.2 Å². The summed E-state index contributed by atoms with van der Waals surface area (Å²) < 4.78 is 6.34. The topological polar surface area (TPSA) is 64.9 Å². The zero-order chi connectivity index (χ0) is 14.8. The Kier molecular flexibility index (Phi) is 3.86. The van der Waals surface area contributed by atoms with E-state index in [-0.39, 0.29) is 0 Å². The van der Waals surface area contributed by atoms with Gasteiger partial charge in [0.15, 0.2) is 0 Å². The smallest absolute Gasteiger partial charge is 0.248 e. The summed E-state index contributed by atoms with van der Waals surface area (Å²) in [5.41, 5.74) is 9.12. The molecule has 1 atom stereocenters. The Morgan fingerprint density at radius 3 is 2.62 bits per heavy atom. The van der Waals surface area contributed by atoms with E-state index in [9.17, 15) is 0 Å². The minimum atomic E-state index is -0.414. The lowest BCUT2D eigenvalue weighted by Gasteiger charge is -2.05. The summed E-state index contributed by atoms with van der Waals surface area (Å²) in [5.74, 6) is 0.972. The maximum absolute atomic E-state index is 6.17. The van der Waals surface area contributed by atoms with Crippen molar-refractivity contribution in [2.24, 2.45) is 5.73 Å². The number of hydrogen-bond donors (Lipinski definition) is 1. The highest BCUT2D eigenvalue weighted by molar-refractivity contribution is 9.10. The van der Waals surface area contributed by atoms with Gasteiger partial charge in [-0.3, -0.25) is 0 Å². The third-order valence-corrected chi connectivity index (χ3v) is 3.79. The molecule has 4 nitrogen and oxygen atoms in total. The van der Waals surface area contributed by atoms with Crippen LogP contribution in [0.1, 0.15) is 23.1 Å². The first-order valence-electron chi connectivity index (χ1n) is 6.56. The third kappa shape index (κ3) is 2.89. The van der Waals surface area contributed by atoms with Gasteiger partial charge >= 0.3 is 0 Å². The fourth-order valence-electron chi connectivity index (χ4n) is 2.15. The summed E-state index contributed by atoms with van der Waals surface area (Å²) in [5, 5.41) is 4.04. The van der Waals surface area contributed by atoms with Gasteiger partial charge in [0.2, 0.25) is 11.7 Å². The first-order valence-corrected chi connectivity index (χ1v) is 7.35. The molecule has 0 fully saturated rings. The highest BCUT2D eigenvalue weighted by atomic mass is 79.9. The van der Waals surface area contributed by atoms with Gasteiger partial charge in [0.05, 0.1) is 0 Å². The van der Waals surface area contributed by atoms with E-state index in [0.29, 0.717) is 11.7 Å². The van der Waals surface area contributed by atoms with E-state index < -0.39 is 6.04 Å². The van der Waals surface area contributed by atoms with Crippen LogP contribution < -0.4 is 5.73 Å². The average molecular weight is 344 g/mol.